The Kier molecular flexibility index (Phi) is 3.38. The zero-order valence-electron chi connectivity index (χ0n) is 11.2. The van der Waals surface area contributed by atoms with E-state index in [1.54, 1.807) is 0 Å². The van der Waals surface area contributed by atoms with Crippen LogP contribution in [0.1, 0.15) is 26.3 Å². The second-order valence-corrected chi connectivity index (χ2v) is 6.03. The summed E-state index contributed by atoms with van der Waals surface area (Å²) in [5.74, 6) is 1.41. The standard InChI is InChI=1S/C14H22N2O/c1-14(2,3)12-5-6-13(15-7-12)17-10-11-8-16(4)9-11/h5-7,11H,8-10H2,1-4H3. The predicted molar refractivity (Wildman–Crippen MR) is 69.4 cm³/mol. The van der Waals surface area contributed by atoms with Crippen LogP contribution in [0.3, 0.4) is 0 Å². The summed E-state index contributed by atoms with van der Waals surface area (Å²) in [5.41, 5.74) is 1.40. The maximum Gasteiger partial charge on any atom is 0.213 e. The lowest BCUT2D eigenvalue weighted by Crippen LogP contribution is -2.46. The fourth-order valence-corrected chi connectivity index (χ4v) is 2.05. The third-order valence-electron chi connectivity index (χ3n) is 3.21. The molecule has 2 rings (SSSR count). The van der Waals surface area contributed by atoms with Gasteiger partial charge in [0.25, 0.3) is 0 Å². The van der Waals surface area contributed by atoms with Crippen LogP contribution in [0.15, 0.2) is 18.3 Å². The number of rotatable bonds is 3. The topological polar surface area (TPSA) is 25.4 Å². The summed E-state index contributed by atoms with van der Waals surface area (Å²) in [5, 5.41) is 0. The second kappa shape index (κ2) is 4.65. The van der Waals surface area contributed by atoms with Crippen LogP contribution in [0.2, 0.25) is 0 Å². The largest absolute Gasteiger partial charge is 0.477 e. The fourth-order valence-electron chi connectivity index (χ4n) is 2.05. The Hall–Kier alpha value is -1.09. The molecule has 2 heterocycles. The van der Waals surface area contributed by atoms with Gasteiger partial charge in [-0.05, 0) is 18.0 Å². The number of hydrogen-bond acceptors (Lipinski definition) is 3. The molecule has 1 aliphatic rings. The van der Waals surface area contributed by atoms with Gasteiger partial charge in [0.1, 0.15) is 0 Å². The maximum absolute atomic E-state index is 5.69. The van der Waals surface area contributed by atoms with Crippen molar-refractivity contribution in [2.75, 3.05) is 26.7 Å². The highest BCUT2D eigenvalue weighted by atomic mass is 16.5. The maximum atomic E-state index is 5.69. The molecule has 0 unspecified atom stereocenters. The molecule has 0 bridgehead atoms. The molecule has 1 fully saturated rings. The van der Waals surface area contributed by atoms with Crippen LogP contribution in [-0.4, -0.2) is 36.6 Å². The van der Waals surface area contributed by atoms with Crippen LogP contribution in [-0.2, 0) is 5.41 Å². The van der Waals surface area contributed by atoms with Crippen molar-refractivity contribution in [3.05, 3.63) is 23.9 Å². The first-order chi connectivity index (χ1) is 7.95. The zero-order valence-corrected chi connectivity index (χ0v) is 11.2. The van der Waals surface area contributed by atoms with Gasteiger partial charge in [-0.15, -0.1) is 0 Å². The van der Waals surface area contributed by atoms with Crippen molar-refractivity contribution in [3.63, 3.8) is 0 Å². The van der Waals surface area contributed by atoms with Crippen LogP contribution >= 0.6 is 0 Å². The molecule has 94 valence electrons. The van der Waals surface area contributed by atoms with E-state index in [2.05, 4.69) is 43.8 Å². The molecule has 0 N–H and O–H groups in total. The highest BCUT2D eigenvalue weighted by Crippen LogP contribution is 2.23. The van der Waals surface area contributed by atoms with Gasteiger partial charge in [-0.1, -0.05) is 26.8 Å². The lowest BCUT2D eigenvalue weighted by molar-refractivity contribution is 0.0838. The monoisotopic (exact) mass is 234 g/mol. The van der Waals surface area contributed by atoms with Crippen molar-refractivity contribution in [1.82, 2.24) is 9.88 Å². The number of pyridine rings is 1. The van der Waals surface area contributed by atoms with Gasteiger partial charge in [0, 0.05) is 31.3 Å². The minimum absolute atomic E-state index is 0.155. The molecule has 1 saturated heterocycles. The van der Waals surface area contributed by atoms with E-state index in [-0.39, 0.29) is 5.41 Å². The van der Waals surface area contributed by atoms with Gasteiger partial charge < -0.3 is 9.64 Å². The van der Waals surface area contributed by atoms with Crippen LogP contribution < -0.4 is 4.74 Å². The quantitative estimate of drug-likeness (QED) is 0.802. The summed E-state index contributed by atoms with van der Waals surface area (Å²) in [6, 6.07) is 4.08. The minimum atomic E-state index is 0.155. The van der Waals surface area contributed by atoms with E-state index in [1.807, 2.05) is 12.3 Å². The lowest BCUT2D eigenvalue weighted by Gasteiger charge is -2.35. The average molecular weight is 234 g/mol. The van der Waals surface area contributed by atoms with Crippen LogP contribution in [0, 0.1) is 5.92 Å². The first-order valence-corrected chi connectivity index (χ1v) is 6.23. The summed E-state index contributed by atoms with van der Waals surface area (Å²) >= 11 is 0. The van der Waals surface area contributed by atoms with E-state index in [0.29, 0.717) is 5.92 Å². The summed E-state index contributed by atoms with van der Waals surface area (Å²) in [7, 11) is 2.13. The molecule has 3 nitrogen and oxygen atoms in total. The van der Waals surface area contributed by atoms with Gasteiger partial charge >= 0.3 is 0 Å². The Balaban J connectivity index is 1.86. The molecular weight excluding hydrogens is 212 g/mol. The van der Waals surface area contributed by atoms with Crippen molar-refractivity contribution in [2.45, 2.75) is 26.2 Å². The van der Waals surface area contributed by atoms with E-state index in [1.165, 1.54) is 5.56 Å². The Morgan fingerprint density at radius 3 is 2.53 bits per heavy atom. The van der Waals surface area contributed by atoms with Crippen molar-refractivity contribution in [2.24, 2.45) is 5.92 Å². The van der Waals surface area contributed by atoms with Gasteiger partial charge in [-0.2, -0.15) is 0 Å². The Morgan fingerprint density at radius 1 is 1.35 bits per heavy atom. The average Bonchev–Trinajstić information content (AvgIpc) is 2.22. The molecule has 17 heavy (non-hydrogen) atoms. The molecular formula is C14H22N2O. The van der Waals surface area contributed by atoms with Gasteiger partial charge in [0.15, 0.2) is 0 Å². The molecule has 1 aliphatic heterocycles. The van der Waals surface area contributed by atoms with Crippen molar-refractivity contribution < 1.29 is 4.74 Å². The normalized spacial score (nSPS) is 17.9. The summed E-state index contributed by atoms with van der Waals surface area (Å²) in [6.07, 6.45) is 1.92. The minimum Gasteiger partial charge on any atom is -0.477 e. The van der Waals surface area contributed by atoms with E-state index in [9.17, 15) is 0 Å². The molecule has 0 aromatic carbocycles. The zero-order chi connectivity index (χ0) is 12.5. The Bertz CT molecular complexity index is 361. The van der Waals surface area contributed by atoms with Gasteiger partial charge in [0.2, 0.25) is 5.88 Å². The van der Waals surface area contributed by atoms with Crippen LogP contribution in [0.4, 0.5) is 0 Å². The summed E-state index contributed by atoms with van der Waals surface area (Å²) < 4.78 is 5.69. The third-order valence-corrected chi connectivity index (χ3v) is 3.21. The third kappa shape index (κ3) is 3.19. The predicted octanol–water partition coefficient (Wildman–Crippen LogP) is 2.32. The SMILES string of the molecule is CN1CC(COc2ccc(C(C)(C)C)cn2)C1. The highest BCUT2D eigenvalue weighted by molar-refractivity contribution is 5.23. The highest BCUT2D eigenvalue weighted by Gasteiger charge is 2.23. The molecule has 0 saturated carbocycles. The van der Waals surface area contributed by atoms with Gasteiger partial charge in [-0.3, -0.25) is 0 Å². The molecule has 0 aliphatic carbocycles. The van der Waals surface area contributed by atoms with Gasteiger partial charge in [-0.25, -0.2) is 4.98 Å². The van der Waals surface area contributed by atoms with Crippen LogP contribution in [0.5, 0.6) is 5.88 Å². The van der Waals surface area contributed by atoms with E-state index < -0.39 is 0 Å². The van der Waals surface area contributed by atoms with Crippen molar-refractivity contribution >= 4 is 0 Å². The van der Waals surface area contributed by atoms with E-state index in [4.69, 9.17) is 4.74 Å². The number of likely N-dealkylation sites (tertiary alicyclic amines) is 1. The van der Waals surface area contributed by atoms with Crippen molar-refractivity contribution in [3.8, 4) is 5.88 Å². The molecule has 1 aromatic heterocycles. The number of aromatic nitrogens is 1. The Labute approximate surface area is 104 Å². The summed E-state index contributed by atoms with van der Waals surface area (Å²) in [4.78, 5) is 6.65. The fraction of sp³-hybridized carbons (Fsp3) is 0.643. The molecule has 0 atom stereocenters. The second-order valence-electron chi connectivity index (χ2n) is 6.03. The van der Waals surface area contributed by atoms with Gasteiger partial charge in [0.05, 0.1) is 6.61 Å². The molecule has 3 heteroatoms. The first-order valence-electron chi connectivity index (χ1n) is 6.23. The number of hydrogen-bond donors (Lipinski definition) is 0. The smallest absolute Gasteiger partial charge is 0.213 e. The number of nitrogens with zero attached hydrogens (tertiary/aromatic N) is 2. The number of ether oxygens (including phenoxy) is 1. The molecule has 0 amide bonds. The van der Waals surface area contributed by atoms with Crippen molar-refractivity contribution in [1.29, 1.82) is 0 Å². The van der Waals surface area contributed by atoms with Crippen LogP contribution in [0.25, 0.3) is 0 Å². The molecule has 0 spiro atoms. The summed E-state index contributed by atoms with van der Waals surface area (Å²) in [6.45, 7) is 9.63. The molecule has 0 radical (unpaired) electrons. The molecule has 1 aromatic rings. The van der Waals surface area contributed by atoms with E-state index >= 15 is 0 Å². The Morgan fingerprint density at radius 2 is 2.06 bits per heavy atom. The van der Waals surface area contributed by atoms with E-state index in [0.717, 1.165) is 25.6 Å². The first kappa shape index (κ1) is 12.4. The lowest BCUT2D eigenvalue weighted by atomic mass is 9.88.